The molecule has 1 N–H and O–H groups in total. The topological polar surface area (TPSA) is 68.3 Å². The lowest BCUT2D eigenvalue weighted by atomic mass is 9.99. The van der Waals surface area contributed by atoms with Crippen molar-refractivity contribution in [3.05, 3.63) is 58.9 Å². The maximum Gasteiger partial charge on any atom is 0.340 e. The molecule has 0 fully saturated rings. The van der Waals surface area contributed by atoms with Gasteiger partial charge in [0.1, 0.15) is 5.15 Å². The summed E-state index contributed by atoms with van der Waals surface area (Å²) in [6.45, 7) is 5.80. The Kier molecular flexibility index (Phi) is 6.53. The summed E-state index contributed by atoms with van der Waals surface area (Å²) in [7, 11) is 0. The SMILES string of the molecule is CC[C@@H](C)c1ccc(NC(=O)[C@H](C)OC(=O)c2ccc(Cl)nc2)cc1. The molecule has 2 aromatic rings. The Labute approximate surface area is 152 Å². The predicted molar refractivity (Wildman–Crippen MR) is 97.9 cm³/mol. The normalized spacial score (nSPS) is 13.0. The van der Waals surface area contributed by atoms with Crippen LogP contribution in [0.1, 0.15) is 49.0 Å². The first-order valence-electron chi connectivity index (χ1n) is 8.14. The molecule has 25 heavy (non-hydrogen) atoms. The molecule has 0 bridgehead atoms. The molecule has 0 spiro atoms. The predicted octanol–water partition coefficient (Wildman–Crippen LogP) is 4.43. The number of esters is 1. The van der Waals surface area contributed by atoms with E-state index < -0.39 is 18.0 Å². The van der Waals surface area contributed by atoms with Crippen LogP contribution in [0.5, 0.6) is 0 Å². The molecule has 0 aliphatic rings. The average Bonchev–Trinajstić information content (AvgIpc) is 2.62. The molecule has 5 nitrogen and oxygen atoms in total. The van der Waals surface area contributed by atoms with Crippen molar-refractivity contribution < 1.29 is 14.3 Å². The minimum atomic E-state index is -0.933. The van der Waals surface area contributed by atoms with Crippen LogP contribution in [0.2, 0.25) is 5.15 Å². The van der Waals surface area contributed by atoms with E-state index in [2.05, 4.69) is 24.1 Å². The van der Waals surface area contributed by atoms with Crippen LogP contribution in [0.15, 0.2) is 42.6 Å². The highest BCUT2D eigenvalue weighted by Crippen LogP contribution is 2.20. The highest BCUT2D eigenvalue weighted by atomic mass is 35.5. The fraction of sp³-hybridized carbons (Fsp3) is 0.316. The largest absolute Gasteiger partial charge is 0.449 e. The van der Waals surface area contributed by atoms with Crippen molar-refractivity contribution in [1.29, 1.82) is 0 Å². The van der Waals surface area contributed by atoms with E-state index in [1.807, 2.05) is 24.3 Å². The van der Waals surface area contributed by atoms with Crippen LogP contribution in [0.25, 0.3) is 0 Å². The molecule has 1 aromatic heterocycles. The number of anilines is 1. The zero-order valence-electron chi connectivity index (χ0n) is 14.5. The van der Waals surface area contributed by atoms with Crippen LogP contribution in [0, 0.1) is 0 Å². The molecule has 1 aromatic carbocycles. The third-order valence-electron chi connectivity index (χ3n) is 3.98. The number of carbonyl (C=O) groups is 2. The zero-order chi connectivity index (χ0) is 18.4. The van der Waals surface area contributed by atoms with Crippen LogP contribution in [-0.2, 0) is 9.53 Å². The number of hydrogen-bond donors (Lipinski definition) is 1. The van der Waals surface area contributed by atoms with Gasteiger partial charge in [-0.2, -0.15) is 0 Å². The van der Waals surface area contributed by atoms with Gasteiger partial charge in [0.2, 0.25) is 0 Å². The molecule has 132 valence electrons. The summed E-state index contributed by atoms with van der Waals surface area (Å²) in [4.78, 5) is 28.0. The molecule has 0 saturated heterocycles. The van der Waals surface area contributed by atoms with E-state index in [-0.39, 0.29) is 10.7 Å². The molecule has 0 saturated carbocycles. The van der Waals surface area contributed by atoms with E-state index in [4.69, 9.17) is 16.3 Å². The summed E-state index contributed by atoms with van der Waals surface area (Å²) >= 11 is 5.68. The summed E-state index contributed by atoms with van der Waals surface area (Å²) in [5.74, 6) is -0.553. The number of aromatic nitrogens is 1. The van der Waals surface area contributed by atoms with Crippen molar-refractivity contribution in [3.63, 3.8) is 0 Å². The minimum absolute atomic E-state index is 0.238. The number of ether oxygens (including phenoxy) is 1. The van der Waals surface area contributed by atoms with Crippen molar-refractivity contribution in [2.45, 2.75) is 39.2 Å². The number of halogens is 1. The van der Waals surface area contributed by atoms with E-state index in [0.717, 1.165) is 6.42 Å². The van der Waals surface area contributed by atoms with Gasteiger partial charge in [0.25, 0.3) is 5.91 Å². The van der Waals surface area contributed by atoms with Crippen molar-refractivity contribution in [3.8, 4) is 0 Å². The van der Waals surface area contributed by atoms with E-state index in [1.165, 1.54) is 30.8 Å². The number of pyridine rings is 1. The molecule has 0 aliphatic carbocycles. The number of benzene rings is 1. The molecular weight excluding hydrogens is 340 g/mol. The van der Waals surface area contributed by atoms with E-state index >= 15 is 0 Å². The van der Waals surface area contributed by atoms with Crippen molar-refractivity contribution in [2.75, 3.05) is 5.32 Å². The molecule has 6 heteroatoms. The van der Waals surface area contributed by atoms with Crippen molar-refractivity contribution in [2.24, 2.45) is 0 Å². The molecule has 0 radical (unpaired) electrons. The standard InChI is InChI=1S/C19H21ClN2O3/c1-4-12(2)14-5-8-16(9-6-14)22-18(23)13(3)25-19(24)15-7-10-17(20)21-11-15/h5-13H,4H2,1-3H3,(H,22,23)/t12-,13+/m1/s1. The van der Waals surface area contributed by atoms with Gasteiger partial charge in [0.05, 0.1) is 5.56 Å². The zero-order valence-corrected chi connectivity index (χ0v) is 15.2. The quantitative estimate of drug-likeness (QED) is 0.611. The average molecular weight is 361 g/mol. The lowest BCUT2D eigenvalue weighted by Crippen LogP contribution is -2.30. The monoisotopic (exact) mass is 360 g/mol. The Hall–Kier alpha value is -2.40. The molecule has 0 unspecified atom stereocenters. The summed E-state index contributed by atoms with van der Waals surface area (Å²) < 4.78 is 5.16. The highest BCUT2D eigenvalue weighted by molar-refractivity contribution is 6.29. The molecular formula is C19H21ClN2O3. The maximum atomic E-state index is 12.2. The first-order valence-corrected chi connectivity index (χ1v) is 8.51. The number of rotatable bonds is 6. The van der Waals surface area contributed by atoms with Gasteiger partial charge in [-0.3, -0.25) is 4.79 Å². The van der Waals surface area contributed by atoms with Crippen molar-refractivity contribution in [1.82, 2.24) is 4.98 Å². The van der Waals surface area contributed by atoms with Gasteiger partial charge < -0.3 is 10.1 Å². The fourth-order valence-corrected chi connectivity index (χ4v) is 2.27. The highest BCUT2D eigenvalue weighted by Gasteiger charge is 2.19. The van der Waals surface area contributed by atoms with Gasteiger partial charge in [-0.15, -0.1) is 0 Å². The lowest BCUT2D eigenvalue weighted by molar-refractivity contribution is -0.123. The van der Waals surface area contributed by atoms with Crippen LogP contribution in [0.4, 0.5) is 5.69 Å². The molecule has 2 atom stereocenters. The Morgan fingerprint density at radius 2 is 1.84 bits per heavy atom. The Balaban J connectivity index is 1.93. The van der Waals surface area contributed by atoms with Gasteiger partial charge in [0.15, 0.2) is 6.10 Å². The second kappa shape index (κ2) is 8.62. The summed E-state index contributed by atoms with van der Waals surface area (Å²) in [6.07, 6.45) is 1.43. The van der Waals surface area contributed by atoms with Gasteiger partial charge >= 0.3 is 5.97 Å². The van der Waals surface area contributed by atoms with E-state index in [1.54, 1.807) is 0 Å². The number of nitrogens with zero attached hydrogens (tertiary/aromatic N) is 1. The van der Waals surface area contributed by atoms with Crippen LogP contribution >= 0.6 is 11.6 Å². The lowest BCUT2D eigenvalue weighted by Gasteiger charge is -2.14. The minimum Gasteiger partial charge on any atom is -0.449 e. The summed E-state index contributed by atoms with van der Waals surface area (Å²) in [5, 5.41) is 3.02. The smallest absolute Gasteiger partial charge is 0.340 e. The van der Waals surface area contributed by atoms with Crippen LogP contribution in [-0.4, -0.2) is 23.0 Å². The van der Waals surface area contributed by atoms with Crippen molar-refractivity contribution >= 4 is 29.2 Å². The molecule has 0 aliphatic heterocycles. The molecule has 1 amide bonds. The van der Waals surface area contributed by atoms with E-state index in [9.17, 15) is 9.59 Å². The third-order valence-corrected chi connectivity index (χ3v) is 4.20. The first kappa shape index (κ1) is 18.9. The maximum absolute atomic E-state index is 12.2. The number of hydrogen-bond acceptors (Lipinski definition) is 4. The first-order chi connectivity index (χ1) is 11.9. The molecule has 1 heterocycles. The Morgan fingerprint density at radius 3 is 2.40 bits per heavy atom. The molecule has 2 rings (SSSR count). The second-order valence-corrected chi connectivity index (χ2v) is 6.22. The van der Waals surface area contributed by atoms with E-state index in [0.29, 0.717) is 11.6 Å². The third kappa shape index (κ3) is 5.29. The van der Waals surface area contributed by atoms with Gasteiger partial charge in [-0.1, -0.05) is 37.6 Å². The Morgan fingerprint density at radius 1 is 1.16 bits per heavy atom. The number of nitrogens with one attached hydrogen (secondary N) is 1. The summed E-state index contributed by atoms with van der Waals surface area (Å²) in [5.41, 5.74) is 2.12. The van der Waals surface area contributed by atoms with Gasteiger partial charge in [0, 0.05) is 11.9 Å². The number of amides is 1. The summed E-state index contributed by atoms with van der Waals surface area (Å²) in [6, 6.07) is 10.6. The second-order valence-electron chi connectivity index (χ2n) is 5.84. The van der Waals surface area contributed by atoms with Crippen LogP contribution in [0.3, 0.4) is 0 Å². The Bertz CT molecular complexity index is 729. The number of carbonyl (C=O) groups excluding carboxylic acids is 2. The van der Waals surface area contributed by atoms with Crippen LogP contribution < -0.4 is 5.32 Å². The van der Waals surface area contributed by atoms with Gasteiger partial charge in [-0.25, -0.2) is 9.78 Å². The van der Waals surface area contributed by atoms with Gasteiger partial charge in [-0.05, 0) is 49.1 Å². The fourth-order valence-electron chi connectivity index (χ4n) is 2.15.